The molecule has 0 spiro atoms. The molecule has 0 aliphatic heterocycles. The first-order valence-electron chi connectivity index (χ1n) is 3.36. The Balaban J connectivity index is 2.89. The van der Waals surface area contributed by atoms with E-state index in [1.807, 2.05) is 0 Å². The number of ether oxygens (including phenoxy) is 1. The highest BCUT2D eigenvalue weighted by molar-refractivity contribution is 4.55. The molecule has 0 radical (unpaired) electrons. The van der Waals surface area contributed by atoms with Gasteiger partial charge in [0.2, 0.25) is 0 Å². The number of aliphatic hydroxyl groups is 2. The normalized spacial score (nSPS) is 13.5. The van der Waals surface area contributed by atoms with Gasteiger partial charge in [0, 0.05) is 13.2 Å². The Hall–Kier alpha value is -0.160. The monoisotopic (exact) mass is 149 g/mol. The van der Waals surface area contributed by atoms with Crippen LogP contribution < -0.4 is 5.73 Å². The SMILES string of the molecule is NC(CO)COCCCO. The van der Waals surface area contributed by atoms with E-state index in [4.69, 9.17) is 20.7 Å². The van der Waals surface area contributed by atoms with Crippen molar-refractivity contribution in [1.82, 2.24) is 0 Å². The van der Waals surface area contributed by atoms with Gasteiger partial charge in [0.1, 0.15) is 0 Å². The number of hydrogen-bond acceptors (Lipinski definition) is 4. The number of hydrogen-bond donors (Lipinski definition) is 3. The van der Waals surface area contributed by atoms with Crippen molar-refractivity contribution in [3.8, 4) is 0 Å². The van der Waals surface area contributed by atoms with E-state index >= 15 is 0 Å². The third-order valence-corrected chi connectivity index (χ3v) is 1.01. The lowest BCUT2D eigenvalue weighted by Crippen LogP contribution is -2.30. The zero-order chi connectivity index (χ0) is 7.82. The molecule has 0 aromatic carbocycles. The van der Waals surface area contributed by atoms with E-state index in [1.54, 1.807) is 0 Å². The van der Waals surface area contributed by atoms with Crippen LogP contribution in [0.3, 0.4) is 0 Å². The second kappa shape index (κ2) is 6.95. The maximum Gasteiger partial charge on any atom is 0.0639 e. The number of aliphatic hydroxyl groups excluding tert-OH is 2. The first kappa shape index (κ1) is 9.84. The van der Waals surface area contributed by atoms with Gasteiger partial charge in [-0.05, 0) is 6.42 Å². The van der Waals surface area contributed by atoms with Crippen molar-refractivity contribution in [1.29, 1.82) is 0 Å². The van der Waals surface area contributed by atoms with Crippen LogP contribution in [0.5, 0.6) is 0 Å². The van der Waals surface area contributed by atoms with Crippen LogP contribution in [0, 0.1) is 0 Å². The minimum absolute atomic E-state index is 0.0564. The standard InChI is InChI=1S/C6H15NO3/c7-6(4-9)5-10-3-1-2-8/h6,8-9H,1-5,7H2. The fourth-order valence-corrected chi connectivity index (χ4v) is 0.454. The maximum atomic E-state index is 8.44. The predicted octanol–water partition coefficient (Wildman–Crippen LogP) is -1.29. The van der Waals surface area contributed by atoms with Crippen LogP contribution >= 0.6 is 0 Å². The zero-order valence-electron chi connectivity index (χ0n) is 5.99. The molecule has 0 aromatic heterocycles. The van der Waals surface area contributed by atoms with Crippen molar-refractivity contribution in [2.24, 2.45) is 5.73 Å². The van der Waals surface area contributed by atoms with Gasteiger partial charge in [-0.1, -0.05) is 0 Å². The van der Waals surface area contributed by atoms with Crippen molar-refractivity contribution in [3.05, 3.63) is 0 Å². The quantitative estimate of drug-likeness (QED) is 0.410. The molecule has 4 nitrogen and oxygen atoms in total. The number of rotatable bonds is 6. The summed E-state index contributed by atoms with van der Waals surface area (Å²) in [5.41, 5.74) is 5.32. The summed E-state index contributed by atoms with van der Waals surface area (Å²) < 4.78 is 4.98. The van der Waals surface area contributed by atoms with Gasteiger partial charge in [-0.15, -0.1) is 0 Å². The molecule has 62 valence electrons. The van der Waals surface area contributed by atoms with Gasteiger partial charge in [-0.2, -0.15) is 0 Å². The lowest BCUT2D eigenvalue weighted by molar-refractivity contribution is 0.0893. The van der Waals surface area contributed by atoms with Crippen LogP contribution in [0.2, 0.25) is 0 Å². The van der Waals surface area contributed by atoms with E-state index in [1.165, 1.54) is 0 Å². The molecule has 0 bridgehead atoms. The van der Waals surface area contributed by atoms with Crippen LogP contribution in [0.15, 0.2) is 0 Å². The van der Waals surface area contributed by atoms with E-state index < -0.39 is 0 Å². The Kier molecular flexibility index (Phi) is 6.84. The van der Waals surface area contributed by atoms with Crippen molar-refractivity contribution in [2.45, 2.75) is 12.5 Å². The second-order valence-electron chi connectivity index (χ2n) is 2.09. The predicted molar refractivity (Wildman–Crippen MR) is 37.6 cm³/mol. The molecule has 0 aromatic rings. The van der Waals surface area contributed by atoms with Crippen LogP contribution in [-0.4, -0.2) is 42.7 Å². The fraction of sp³-hybridized carbons (Fsp3) is 1.00. The fourth-order valence-electron chi connectivity index (χ4n) is 0.454. The Bertz CT molecular complexity index is 70.0. The largest absolute Gasteiger partial charge is 0.396 e. The summed E-state index contributed by atoms with van der Waals surface area (Å²) in [5.74, 6) is 0. The highest BCUT2D eigenvalue weighted by Gasteiger charge is 1.98. The molecule has 0 rings (SSSR count). The van der Waals surface area contributed by atoms with Gasteiger partial charge < -0.3 is 20.7 Å². The summed E-state index contributed by atoms with van der Waals surface area (Å²) in [5, 5.41) is 16.8. The lowest BCUT2D eigenvalue weighted by atomic mass is 10.4. The smallest absolute Gasteiger partial charge is 0.0639 e. The summed E-state index contributed by atoms with van der Waals surface area (Å²) in [6.07, 6.45) is 0.623. The molecule has 0 amide bonds. The first-order valence-corrected chi connectivity index (χ1v) is 3.36. The van der Waals surface area contributed by atoms with Gasteiger partial charge in [0.05, 0.1) is 19.3 Å². The van der Waals surface area contributed by atoms with E-state index in [2.05, 4.69) is 0 Å². The van der Waals surface area contributed by atoms with Gasteiger partial charge in [0.15, 0.2) is 0 Å². The second-order valence-corrected chi connectivity index (χ2v) is 2.09. The van der Waals surface area contributed by atoms with E-state index in [0.29, 0.717) is 19.6 Å². The molecule has 0 heterocycles. The van der Waals surface area contributed by atoms with Gasteiger partial charge in [0.25, 0.3) is 0 Å². The van der Waals surface area contributed by atoms with E-state index in [9.17, 15) is 0 Å². The molecule has 1 atom stereocenters. The minimum atomic E-state index is -0.293. The zero-order valence-corrected chi connectivity index (χ0v) is 5.99. The number of nitrogens with two attached hydrogens (primary N) is 1. The molecule has 1 unspecified atom stereocenters. The Labute approximate surface area is 60.6 Å². The third kappa shape index (κ3) is 5.97. The van der Waals surface area contributed by atoms with Crippen LogP contribution in [0.4, 0.5) is 0 Å². The average Bonchev–Trinajstić information content (AvgIpc) is 1.98. The van der Waals surface area contributed by atoms with E-state index in [0.717, 1.165) is 0 Å². The summed E-state index contributed by atoms with van der Waals surface area (Å²) in [6.45, 7) is 0.939. The molecule has 0 saturated carbocycles. The van der Waals surface area contributed by atoms with Crippen LogP contribution in [-0.2, 0) is 4.74 Å². The van der Waals surface area contributed by atoms with Gasteiger partial charge in [-0.25, -0.2) is 0 Å². The van der Waals surface area contributed by atoms with Crippen molar-refractivity contribution in [2.75, 3.05) is 26.4 Å². The molecule has 0 saturated heterocycles. The molecule has 4 N–H and O–H groups in total. The maximum absolute atomic E-state index is 8.44. The molecular weight excluding hydrogens is 134 g/mol. The van der Waals surface area contributed by atoms with Crippen LogP contribution in [0.1, 0.15) is 6.42 Å². The molecule has 0 aliphatic carbocycles. The lowest BCUT2D eigenvalue weighted by Gasteiger charge is -2.07. The van der Waals surface area contributed by atoms with Crippen molar-refractivity contribution < 1.29 is 14.9 Å². The van der Waals surface area contributed by atoms with Crippen molar-refractivity contribution in [3.63, 3.8) is 0 Å². The average molecular weight is 149 g/mol. The summed E-state index contributed by atoms with van der Waals surface area (Å²) in [7, 11) is 0. The van der Waals surface area contributed by atoms with Crippen LogP contribution in [0.25, 0.3) is 0 Å². The third-order valence-electron chi connectivity index (χ3n) is 1.01. The van der Waals surface area contributed by atoms with Gasteiger partial charge >= 0.3 is 0 Å². The molecule has 10 heavy (non-hydrogen) atoms. The van der Waals surface area contributed by atoms with Crippen molar-refractivity contribution >= 4 is 0 Å². The molecule has 4 heteroatoms. The summed E-state index contributed by atoms with van der Waals surface area (Å²) >= 11 is 0. The summed E-state index contributed by atoms with van der Waals surface area (Å²) in [4.78, 5) is 0. The first-order chi connectivity index (χ1) is 4.81. The molecule has 0 fully saturated rings. The van der Waals surface area contributed by atoms with E-state index in [-0.39, 0.29) is 19.3 Å². The Morgan fingerprint density at radius 1 is 1.40 bits per heavy atom. The highest BCUT2D eigenvalue weighted by Crippen LogP contribution is 1.83. The Morgan fingerprint density at radius 2 is 2.10 bits per heavy atom. The van der Waals surface area contributed by atoms with Gasteiger partial charge in [-0.3, -0.25) is 0 Å². The minimum Gasteiger partial charge on any atom is -0.396 e. The summed E-state index contributed by atoms with van der Waals surface area (Å²) in [6, 6.07) is -0.293. The topological polar surface area (TPSA) is 75.7 Å². The molecular formula is C6H15NO3. The highest BCUT2D eigenvalue weighted by atomic mass is 16.5. The molecule has 0 aliphatic rings. The Morgan fingerprint density at radius 3 is 2.60 bits per heavy atom.